The van der Waals surface area contributed by atoms with Gasteiger partial charge in [0.05, 0.1) is 5.54 Å². The van der Waals surface area contributed by atoms with Crippen molar-refractivity contribution in [1.29, 1.82) is 0 Å². The average Bonchev–Trinajstić information content (AvgIpc) is 2.30. The minimum atomic E-state index is -0.232. The second-order valence-electron chi connectivity index (χ2n) is 4.23. The third-order valence-electron chi connectivity index (χ3n) is 3.07. The van der Waals surface area contributed by atoms with Gasteiger partial charge in [-0.15, -0.1) is 0 Å². The van der Waals surface area contributed by atoms with Crippen molar-refractivity contribution < 1.29 is 9.13 Å². The molecule has 4 heteroatoms. The van der Waals surface area contributed by atoms with Crippen molar-refractivity contribution >= 4 is 5.69 Å². The summed E-state index contributed by atoms with van der Waals surface area (Å²) in [5.74, 6) is -0.232. The average molecular weight is 224 g/mol. The Hall–Kier alpha value is -1.13. The fourth-order valence-electron chi connectivity index (χ4n) is 2.01. The van der Waals surface area contributed by atoms with Crippen LogP contribution in [0.3, 0.4) is 0 Å². The van der Waals surface area contributed by atoms with E-state index in [2.05, 4.69) is 5.32 Å². The second kappa shape index (κ2) is 4.80. The molecule has 1 aromatic rings. The van der Waals surface area contributed by atoms with Gasteiger partial charge in [0.2, 0.25) is 0 Å². The number of nitrogens with one attached hydrogen (secondary N) is 1. The minimum Gasteiger partial charge on any atom is -0.381 e. The minimum absolute atomic E-state index is 0.147. The molecular weight excluding hydrogens is 207 g/mol. The number of halogens is 1. The molecule has 2 rings (SSSR count). The highest BCUT2D eigenvalue weighted by atomic mass is 19.1. The highest BCUT2D eigenvalue weighted by molar-refractivity contribution is 5.46. The predicted octanol–water partition coefficient (Wildman–Crippen LogP) is 1.75. The van der Waals surface area contributed by atoms with Gasteiger partial charge in [-0.3, -0.25) is 0 Å². The Kier molecular flexibility index (Phi) is 3.41. The molecule has 16 heavy (non-hydrogen) atoms. The van der Waals surface area contributed by atoms with Crippen LogP contribution < -0.4 is 11.1 Å². The molecule has 0 spiro atoms. The molecule has 0 amide bonds. The van der Waals surface area contributed by atoms with E-state index < -0.39 is 0 Å². The zero-order chi connectivity index (χ0) is 11.4. The first-order chi connectivity index (χ1) is 7.74. The third-order valence-corrected chi connectivity index (χ3v) is 3.07. The van der Waals surface area contributed by atoms with Gasteiger partial charge in [0.15, 0.2) is 0 Å². The zero-order valence-corrected chi connectivity index (χ0v) is 9.21. The maximum Gasteiger partial charge on any atom is 0.125 e. The summed E-state index contributed by atoms with van der Waals surface area (Å²) >= 11 is 0. The van der Waals surface area contributed by atoms with Crippen molar-refractivity contribution in [1.82, 2.24) is 0 Å². The van der Waals surface area contributed by atoms with E-state index in [4.69, 9.17) is 10.5 Å². The van der Waals surface area contributed by atoms with Crippen LogP contribution in [0.4, 0.5) is 10.1 Å². The molecular formula is C12H17FN2O. The maximum atomic E-state index is 13.1. The Bertz CT molecular complexity index is 351. The van der Waals surface area contributed by atoms with Crippen molar-refractivity contribution in [2.24, 2.45) is 5.73 Å². The first-order valence-corrected chi connectivity index (χ1v) is 5.56. The number of hydrogen-bond acceptors (Lipinski definition) is 3. The molecule has 1 heterocycles. The molecule has 0 radical (unpaired) electrons. The monoisotopic (exact) mass is 224 g/mol. The quantitative estimate of drug-likeness (QED) is 0.822. The Morgan fingerprint density at radius 2 is 2.12 bits per heavy atom. The molecule has 0 unspecified atom stereocenters. The Morgan fingerprint density at radius 3 is 2.75 bits per heavy atom. The predicted molar refractivity (Wildman–Crippen MR) is 61.9 cm³/mol. The summed E-state index contributed by atoms with van der Waals surface area (Å²) in [5.41, 5.74) is 6.45. The topological polar surface area (TPSA) is 47.3 Å². The van der Waals surface area contributed by atoms with Gasteiger partial charge in [-0.1, -0.05) is 6.07 Å². The third kappa shape index (κ3) is 2.51. The van der Waals surface area contributed by atoms with E-state index >= 15 is 0 Å². The lowest BCUT2D eigenvalue weighted by atomic mass is 9.90. The van der Waals surface area contributed by atoms with Gasteiger partial charge in [-0.05, 0) is 31.0 Å². The van der Waals surface area contributed by atoms with Gasteiger partial charge in [0, 0.05) is 25.4 Å². The van der Waals surface area contributed by atoms with Gasteiger partial charge in [-0.25, -0.2) is 4.39 Å². The molecule has 88 valence electrons. The molecule has 1 aromatic carbocycles. The number of rotatable bonds is 3. The Morgan fingerprint density at radius 1 is 1.38 bits per heavy atom. The smallest absolute Gasteiger partial charge is 0.125 e. The molecule has 1 fully saturated rings. The molecule has 0 aliphatic carbocycles. The van der Waals surface area contributed by atoms with Crippen molar-refractivity contribution in [3.63, 3.8) is 0 Å². The van der Waals surface area contributed by atoms with Crippen LogP contribution in [0.15, 0.2) is 24.3 Å². The molecule has 1 saturated heterocycles. The van der Waals surface area contributed by atoms with E-state index in [0.717, 1.165) is 18.5 Å². The molecule has 0 atom stereocenters. The van der Waals surface area contributed by atoms with Gasteiger partial charge >= 0.3 is 0 Å². The Balaban J connectivity index is 2.11. The number of anilines is 1. The van der Waals surface area contributed by atoms with Crippen molar-refractivity contribution in [2.75, 3.05) is 25.1 Å². The van der Waals surface area contributed by atoms with Crippen LogP contribution >= 0.6 is 0 Å². The molecule has 1 aliphatic heterocycles. The normalized spacial score (nSPS) is 19.4. The molecule has 3 nitrogen and oxygen atoms in total. The first kappa shape index (κ1) is 11.4. The number of benzene rings is 1. The largest absolute Gasteiger partial charge is 0.381 e. The van der Waals surface area contributed by atoms with Gasteiger partial charge in [0.25, 0.3) is 0 Å². The van der Waals surface area contributed by atoms with Gasteiger partial charge < -0.3 is 15.8 Å². The summed E-state index contributed by atoms with van der Waals surface area (Å²) < 4.78 is 18.4. The van der Waals surface area contributed by atoms with E-state index in [9.17, 15) is 4.39 Å². The molecule has 3 N–H and O–H groups in total. The van der Waals surface area contributed by atoms with Crippen LogP contribution in [0, 0.1) is 5.82 Å². The summed E-state index contributed by atoms with van der Waals surface area (Å²) in [6.45, 7) is 1.95. The van der Waals surface area contributed by atoms with E-state index in [1.165, 1.54) is 12.1 Å². The Labute approximate surface area is 94.8 Å². The fourth-order valence-corrected chi connectivity index (χ4v) is 2.01. The molecule has 0 bridgehead atoms. The molecule has 0 aromatic heterocycles. The van der Waals surface area contributed by atoms with Crippen LogP contribution in [0.1, 0.15) is 12.8 Å². The summed E-state index contributed by atoms with van der Waals surface area (Å²) in [6.07, 6.45) is 1.72. The SMILES string of the molecule is NCC1(Nc2cccc(F)c2)CCOCC1. The lowest BCUT2D eigenvalue weighted by Gasteiger charge is -2.37. The molecule has 1 aliphatic rings. The van der Waals surface area contributed by atoms with Gasteiger partial charge in [0.1, 0.15) is 5.82 Å². The van der Waals surface area contributed by atoms with Gasteiger partial charge in [-0.2, -0.15) is 0 Å². The van der Waals surface area contributed by atoms with Crippen molar-refractivity contribution in [2.45, 2.75) is 18.4 Å². The van der Waals surface area contributed by atoms with E-state index in [-0.39, 0.29) is 11.4 Å². The highest BCUT2D eigenvalue weighted by Crippen LogP contribution is 2.25. The zero-order valence-electron chi connectivity index (χ0n) is 9.21. The van der Waals surface area contributed by atoms with E-state index in [0.29, 0.717) is 19.8 Å². The standard InChI is InChI=1S/C12H17FN2O/c13-10-2-1-3-11(8-10)15-12(9-14)4-6-16-7-5-12/h1-3,8,15H,4-7,9,14H2. The summed E-state index contributed by atoms with van der Waals surface area (Å²) in [6, 6.07) is 6.48. The van der Waals surface area contributed by atoms with Crippen molar-refractivity contribution in [3.05, 3.63) is 30.1 Å². The van der Waals surface area contributed by atoms with Crippen molar-refractivity contribution in [3.8, 4) is 0 Å². The second-order valence-corrected chi connectivity index (χ2v) is 4.23. The number of nitrogens with two attached hydrogens (primary N) is 1. The maximum absolute atomic E-state index is 13.1. The summed E-state index contributed by atoms with van der Waals surface area (Å²) in [5, 5.41) is 3.34. The fraction of sp³-hybridized carbons (Fsp3) is 0.500. The lowest BCUT2D eigenvalue weighted by molar-refractivity contribution is 0.0628. The van der Waals surface area contributed by atoms with Crippen LogP contribution in [-0.4, -0.2) is 25.3 Å². The lowest BCUT2D eigenvalue weighted by Crippen LogP contribution is -2.49. The molecule has 0 saturated carbocycles. The highest BCUT2D eigenvalue weighted by Gasteiger charge is 2.30. The van der Waals surface area contributed by atoms with Crippen LogP contribution in [0.25, 0.3) is 0 Å². The number of hydrogen-bond donors (Lipinski definition) is 2. The van der Waals surface area contributed by atoms with Crippen LogP contribution in [-0.2, 0) is 4.74 Å². The van der Waals surface area contributed by atoms with Crippen LogP contribution in [0.2, 0.25) is 0 Å². The van der Waals surface area contributed by atoms with E-state index in [1.807, 2.05) is 6.07 Å². The summed E-state index contributed by atoms with van der Waals surface area (Å²) in [4.78, 5) is 0. The van der Waals surface area contributed by atoms with Crippen LogP contribution in [0.5, 0.6) is 0 Å². The van der Waals surface area contributed by atoms with E-state index in [1.54, 1.807) is 6.07 Å². The first-order valence-electron chi connectivity index (χ1n) is 5.56. The summed E-state index contributed by atoms with van der Waals surface area (Å²) in [7, 11) is 0. The number of ether oxygens (including phenoxy) is 1.